The van der Waals surface area contributed by atoms with E-state index in [0.29, 0.717) is 38.1 Å². The van der Waals surface area contributed by atoms with Gasteiger partial charge in [-0.25, -0.2) is 0 Å². The van der Waals surface area contributed by atoms with Crippen LogP contribution in [0, 0.1) is 14.1 Å². The molecular formula is C23H16Cl2I2N2O2. The molecule has 1 amide bonds. The number of hydrogen-bond donors (Lipinski definition) is 1. The van der Waals surface area contributed by atoms with Crippen molar-refractivity contribution in [2.24, 2.45) is 0 Å². The van der Waals surface area contributed by atoms with E-state index in [1.165, 1.54) is 0 Å². The summed E-state index contributed by atoms with van der Waals surface area (Å²) in [4.78, 5) is 13.1. The van der Waals surface area contributed by atoms with Crippen LogP contribution in [0.5, 0.6) is 0 Å². The van der Waals surface area contributed by atoms with Gasteiger partial charge in [0.15, 0.2) is 5.58 Å². The fourth-order valence-electron chi connectivity index (χ4n) is 3.49. The summed E-state index contributed by atoms with van der Waals surface area (Å²) in [5.74, 6) is -0.149. The second kappa shape index (κ2) is 9.25. The molecule has 3 aromatic carbocycles. The largest absolute Gasteiger partial charge is 0.356 e. The average Bonchev–Trinajstić information content (AvgIpc) is 3.10. The molecule has 4 rings (SSSR count). The van der Waals surface area contributed by atoms with Crippen LogP contribution in [0.4, 0.5) is 5.69 Å². The van der Waals surface area contributed by atoms with E-state index in [9.17, 15) is 4.79 Å². The number of fused-ring (bicyclic) bond motifs is 1. The van der Waals surface area contributed by atoms with Gasteiger partial charge in [0.2, 0.25) is 0 Å². The predicted molar refractivity (Wildman–Crippen MR) is 143 cm³/mol. The molecule has 0 aliphatic rings. The minimum Gasteiger partial charge on any atom is -0.356 e. The van der Waals surface area contributed by atoms with Gasteiger partial charge < -0.3 is 9.84 Å². The number of hydrogen-bond acceptors (Lipinski definition) is 3. The van der Waals surface area contributed by atoms with E-state index >= 15 is 0 Å². The SMILES string of the molecule is CCc1c(I)cc(I)cc1C(=O)Nc1cc2onc(-c3c(Cl)cccc3Cl)c2cc1C. The van der Waals surface area contributed by atoms with Crippen LogP contribution in [0.15, 0.2) is 47.0 Å². The van der Waals surface area contributed by atoms with Gasteiger partial charge in [0, 0.05) is 30.0 Å². The van der Waals surface area contributed by atoms with Crippen molar-refractivity contribution < 1.29 is 9.32 Å². The first-order valence-electron chi connectivity index (χ1n) is 9.43. The maximum absolute atomic E-state index is 13.1. The highest BCUT2D eigenvalue weighted by Gasteiger charge is 2.20. The van der Waals surface area contributed by atoms with E-state index in [0.717, 1.165) is 30.1 Å². The number of halogens is 4. The molecule has 0 fully saturated rings. The van der Waals surface area contributed by atoms with Crippen molar-refractivity contribution >= 4 is 90.9 Å². The molecule has 0 spiro atoms. The lowest BCUT2D eigenvalue weighted by molar-refractivity contribution is 0.102. The number of nitrogens with one attached hydrogen (secondary N) is 1. The second-order valence-corrected chi connectivity index (χ2v) is 10.2. The molecule has 8 heteroatoms. The minimum atomic E-state index is -0.149. The fraction of sp³-hybridized carbons (Fsp3) is 0.130. The van der Waals surface area contributed by atoms with Crippen LogP contribution < -0.4 is 5.32 Å². The highest BCUT2D eigenvalue weighted by Crippen LogP contribution is 2.39. The molecule has 31 heavy (non-hydrogen) atoms. The third-order valence-corrected chi connectivity index (χ3v) is 7.24. The molecule has 0 bridgehead atoms. The first-order valence-corrected chi connectivity index (χ1v) is 12.3. The number of carbonyl (C=O) groups is 1. The number of benzene rings is 3. The zero-order valence-electron chi connectivity index (χ0n) is 16.5. The topological polar surface area (TPSA) is 55.1 Å². The normalized spacial score (nSPS) is 11.2. The summed E-state index contributed by atoms with van der Waals surface area (Å²) in [6.07, 6.45) is 0.778. The Kier molecular flexibility index (Phi) is 6.81. The van der Waals surface area contributed by atoms with E-state index in [-0.39, 0.29) is 5.91 Å². The van der Waals surface area contributed by atoms with E-state index < -0.39 is 0 Å². The number of carbonyl (C=O) groups excluding carboxylic acids is 1. The molecule has 0 aliphatic heterocycles. The number of nitrogens with zero attached hydrogens (tertiary/aromatic N) is 1. The van der Waals surface area contributed by atoms with Crippen LogP contribution in [0.1, 0.15) is 28.4 Å². The molecule has 4 aromatic rings. The summed E-state index contributed by atoms with van der Waals surface area (Å²) in [7, 11) is 0. The van der Waals surface area contributed by atoms with Crippen molar-refractivity contribution in [1.29, 1.82) is 0 Å². The summed E-state index contributed by atoms with van der Waals surface area (Å²) < 4.78 is 7.66. The summed E-state index contributed by atoms with van der Waals surface area (Å²) in [6, 6.07) is 13.0. The molecule has 0 atom stereocenters. The Morgan fingerprint density at radius 3 is 2.52 bits per heavy atom. The monoisotopic (exact) mass is 676 g/mol. The Labute approximate surface area is 216 Å². The van der Waals surface area contributed by atoms with Gasteiger partial charge in [0.25, 0.3) is 5.91 Å². The molecule has 0 saturated heterocycles. The van der Waals surface area contributed by atoms with Crippen LogP contribution in [-0.4, -0.2) is 11.1 Å². The van der Waals surface area contributed by atoms with Gasteiger partial charge in [-0.15, -0.1) is 0 Å². The lowest BCUT2D eigenvalue weighted by atomic mass is 10.0. The number of amides is 1. The molecule has 1 aromatic heterocycles. The van der Waals surface area contributed by atoms with E-state index in [2.05, 4.69) is 61.7 Å². The van der Waals surface area contributed by atoms with Crippen LogP contribution in [0.3, 0.4) is 0 Å². The lowest BCUT2D eigenvalue weighted by Gasteiger charge is -2.13. The molecule has 4 nitrogen and oxygen atoms in total. The molecule has 1 N–H and O–H groups in total. The van der Waals surface area contributed by atoms with E-state index in [1.807, 2.05) is 26.0 Å². The summed E-state index contributed by atoms with van der Waals surface area (Å²) >= 11 is 17.2. The summed E-state index contributed by atoms with van der Waals surface area (Å²) in [5, 5.41) is 9.01. The summed E-state index contributed by atoms with van der Waals surface area (Å²) in [6.45, 7) is 3.98. The molecular weight excluding hydrogens is 661 g/mol. The average molecular weight is 677 g/mol. The van der Waals surface area contributed by atoms with Gasteiger partial charge in [0.05, 0.1) is 15.4 Å². The third-order valence-electron chi connectivity index (χ3n) is 5.02. The first-order chi connectivity index (χ1) is 14.8. The number of rotatable bonds is 4. The van der Waals surface area contributed by atoms with Crippen LogP contribution in [-0.2, 0) is 6.42 Å². The zero-order valence-corrected chi connectivity index (χ0v) is 22.4. The van der Waals surface area contributed by atoms with Gasteiger partial charge in [-0.1, -0.05) is 41.3 Å². The van der Waals surface area contributed by atoms with Crippen molar-refractivity contribution in [3.63, 3.8) is 0 Å². The fourth-order valence-corrected chi connectivity index (χ4v) is 6.29. The molecule has 158 valence electrons. The minimum absolute atomic E-state index is 0.149. The molecule has 0 radical (unpaired) electrons. The molecule has 0 saturated carbocycles. The van der Waals surface area contributed by atoms with Crippen LogP contribution in [0.25, 0.3) is 22.2 Å². The number of aryl methyl sites for hydroxylation is 1. The highest BCUT2D eigenvalue weighted by atomic mass is 127. The van der Waals surface area contributed by atoms with Crippen LogP contribution >= 0.6 is 68.4 Å². The Bertz CT molecular complexity index is 1310. The zero-order chi connectivity index (χ0) is 22.3. The predicted octanol–water partition coefficient (Wildman–Crippen LogP) is 8.13. The quantitative estimate of drug-likeness (QED) is 0.222. The maximum atomic E-state index is 13.1. The molecule has 1 heterocycles. The molecule has 0 unspecified atom stereocenters. The highest BCUT2D eigenvalue weighted by molar-refractivity contribution is 14.1. The Morgan fingerprint density at radius 2 is 1.84 bits per heavy atom. The van der Waals surface area contributed by atoms with E-state index in [1.54, 1.807) is 24.3 Å². The maximum Gasteiger partial charge on any atom is 0.256 e. The van der Waals surface area contributed by atoms with Gasteiger partial charge in [-0.05, 0) is 100.0 Å². The second-order valence-electron chi connectivity index (χ2n) is 7.01. The van der Waals surface area contributed by atoms with Crippen molar-refractivity contribution in [3.8, 4) is 11.3 Å². The van der Waals surface area contributed by atoms with Crippen molar-refractivity contribution in [2.75, 3.05) is 5.32 Å². The van der Waals surface area contributed by atoms with Gasteiger partial charge in [-0.3, -0.25) is 4.79 Å². The lowest BCUT2D eigenvalue weighted by Crippen LogP contribution is -2.16. The van der Waals surface area contributed by atoms with E-state index in [4.69, 9.17) is 27.7 Å². The van der Waals surface area contributed by atoms with Gasteiger partial charge >= 0.3 is 0 Å². The van der Waals surface area contributed by atoms with Gasteiger partial charge in [0.1, 0.15) is 5.69 Å². The standard InChI is InChI=1S/C23H16Cl2I2N2O2/c1-3-13-14(8-12(26)9-18(13)27)23(30)28-19-10-20-15(7-11(19)2)22(29-31-20)21-16(24)5-4-6-17(21)25/h4-10H,3H2,1-2H3,(H,28,30). The number of anilines is 1. The Morgan fingerprint density at radius 1 is 1.13 bits per heavy atom. The van der Waals surface area contributed by atoms with Crippen molar-refractivity contribution in [2.45, 2.75) is 20.3 Å². The van der Waals surface area contributed by atoms with Crippen molar-refractivity contribution in [1.82, 2.24) is 5.16 Å². The Balaban J connectivity index is 1.74. The van der Waals surface area contributed by atoms with Gasteiger partial charge in [-0.2, -0.15) is 0 Å². The first kappa shape index (κ1) is 22.8. The number of aromatic nitrogens is 1. The van der Waals surface area contributed by atoms with Crippen molar-refractivity contribution in [3.05, 3.63) is 76.3 Å². The third kappa shape index (κ3) is 4.44. The smallest absolute Gasteiger partial charge is 0.256 e. The molecule has 0 aliphatic carbocycles. The van der Waals surface area contributed by atoms with Crippen LogP contribution in [0.2, 0.25) is 10.0 Å². The summed E-state index contributed by atoms with van der Waals surface area (Å²) in [5.41, 5.74) is 5.01. The Hall–Kier alpha value is -1.36.